The van der Waals surface area contributed by atoms with Crippen LogP contribution in [0, 0.1) is 0 Å². The largest absolute Gasteiger partial charge is 0.419 e. The molecule has 1 heterocycles. The fourth-order valence-corrected chi connectivity index (χ4v) is 2.38. The lowest BCUT2D eigenvalue weighted by Gasteiger charge is -2.19. The van der Waals surface area contributed by atoms with E-state index >= 15 is 0 Å². The summed E-state index contributed by atoms with van der Waals surface area (Å²) in [5.41, 5.74) is 1.36. The summed E-state index contributed by atoms with van der Waals surface area (Å²) in [6, 6.07) is 3.87. The molecule has 1 atom stereocenters. The molecule has 0 aliphatic carbocycles. The number of oxazole rings is 1. The van der Waals surface area contributed by atoms with Gasteiger partial charge in [0, 0.05) is 12.6 Å². The number of fused-ring (bicyclic) bond motifs is 1. The molecule has 0 spiro atoms. The number of rotatable bonds is 5. The van der Waals surface area contributed by atoms with Gasteiger partial charge in [-0.1, -0.05) is 13.0 Å². The minimum atomic E-state index is -4.27. The van der Waals surface area contributed by atoms with Crippen LogP contribution in [0.1, 0.15) is 31.9 Å². The van der Waals surface area contributed by atoms with Crippen LogP contribution in [0.2, 0.25) is 0 Å². The van der Waals surface area contributed by atoms with E-state index in [4.69, 9.17) is 4.42 Å². The Balaban J connectivity index is 2.42. The van der Waals surface area contributed by atoms with Gasteiger partial charge in [-0.3, -0.25) is 4.57 Å². The Morgan fingerprint density at radius 3 is 2.62 bits per heavy atom. The molecule has 0 aliphatic rings. The molecule has 4 nitrogen and oxygen atoms in total. The van der Waals surface area contributed by atoms with Crippen LogP contribution in [0.25, 0.3) is 11.1 Å². The number of aromatic nitrogens is 1. The molecule has 1 unspecified atom stereocenters. The molecule has 0 fully saturated rings. The summed E-state index contributed by atoms with van der Waals surface area (Å²) in [6.07, 6.45) is -5.23. The second-order valence-corrected chi connectivity index (χ2v) is 4.77. The fourth-order valence-electron chi connectivity index (χ4n) is 2.38. The van der Waals surface area contributed by atoms with E-state index < -0.39 is 24.4 Å². The van der Waals surface area contributed by atoms with E-state index in [1.54, 1.807) is 26.0 Å². The second kappa shape index (κ2) is 5.93. The third-order valence-electron chi connectivity index (χ3n) is 3.30. The lowest BCUT2D eigenvalue weighted by Crippen LogP contribution is -2.26. The molecule has 1 N–H and O–H groups in total. The van der Waals surface area contributed by atoms with E-state index in [2.05, 4.69) is 5.32 Å². The Labute approximate surface area is 119 Å². The number of nitrogens with zero attached hydrogens (tertiary/aromatic N) is 1. The minimum Gasteiger partial charge on any atom is -0.408 e. The molecule has 0 aliphatic heterocycles. The number of alkyl halides is 3. The van der Waals surface area contributed by atoms with Gasteiger partial charge < -0.3 is 9.73 Å². The first-order chi connectivity index (χ1) is 9.85. The molecule has 21 heavy (non-hydrogen) atoms. The fraction of sp³-hybridized carbons (Fsp3) is 0.500. The summed E-state index contributed by atoms with van der Waals surface area (Å²) in [5.74, 6) is -0.500. The van der Waals surface area contributed by atoms with Gasteiger partial charge in [-0.15, -0.1) is 0 Å². The quantitative estimate of drug-likeness (QED) is 0.922. The first-order valence-electron chi connectivity index (χ1n) is 6.79. The normalized spacial score (nSPS) is 13.8. The lowest BCUT2D eigenvalue weighted by atomic mass is 10.0. The standard InChI is InChI=1S/C14H17F3N2O2/c1-3-18-10(8-14(15,16)17)9-5-6-11-12(7-9)21-13(20)19(11)4-2/h5-7,10,18H,3-4,8H2,1-2H3. The average molecular weight is 302 g/mol. The van der Waals surface area contributed by atoms with E-state index in [0.29, 0.717) is 29.8 Å². The van der Waals surface area contributed by atoms with E-state index in [1.807, 2.05) is 0 Å². The van der Waals surface area contributed by atoms with E-state index in [9.17, 15) is 18.0 Å². The molecule has 1 aromatic carbocycles. The van der Waals surface area contributed by atoms with Gasteiger partial charge >= 0.3 is 11.9 Å². The number of nitrogens with one attached hydrogen (secondary N) is 1. The number of hydrogen-bond donors (Lipinski definition) is 1. The van der Waals surface area contributed by atoms with Crippen molar-refractivity contribution in [3.05, 3.63) is 34.3 Å². The topological polar surface area (TPSA) is 47.2 Å². The monoisotopic (exact) mass is 302 g/mol. The zero-order chi connectivity index (χ0) is 15.6. The van der Waals surface area contributed by atoms with Crippen molar-refractivity contribution in [2.75, 3.05) is 6.54 Å². The number of benzene rings is 1. The molecule has 0 amide bonds. The molecule has 0 saturated carbocycles. The zero-order valence-corrected chi connectivity index (χ0v) is 11.8. The van der Waals surface area contributed by atoms with Gasteiger partial charge in [0.05, 0.1) is 11.9 Å². The Morgan fingerprint density at radius 2 is 2.05 bits per heavy atom. The number of aryl methyl sites for hydroxylation is 1. The highest BCUT2D eigenvalue weighted by Gasteiger charge is 2.32. The average Bonchev–Trinajstić information content (AvgIpc) is 2.70. The predicted molar refractivity (Wildman–Crippen MR) is 73.2 cm³/mol. The maximum atomic E-state index is 12.6. The van der Waals surface area contributed by atoms with Gasteiger partial charge in [-0.2, -0.15) is 13.2 Å². The van der Waals surface area contributed by atoms with Crippen molar-refractivity contribution in [2.45, 2.75) is 39.0 Å². The molecule has 2 aromatic rings. The summed E-state index contributed by atoms with van der Waals surface area (Å²) < 4.78 is 44.4. The molecule has 0 bridgehead atoms. The Kier molecular flexibility index (Phi) is 4.41. The maximum Gasteiger partial charge on any atom is 0.419 e. The van der Waals surface area contributed by atoms with Crippen LogP contribution in [0.15, 0.2) is 27.4 Å². The van der Waals surface area contributed by atoms with E-state index in [-0.39, 0.29) is 0 Å². The molecular formula is C14H17F3N2O2. The summed E-state index contributed by atoms with van der Waals surface area (Å²) in [6.45, 7) is 4.41. The Bertz CT molecular complexity index is 673. The van der Waals surface area contributed by atoms with Crippen molar-refractivity contribution in [3.8, 4) is 0 Å². The molecule has 1 aromatic heterocycles. The SMILES string of the molecule is CCNC(CC(F)(F)F)c1ccc2c(c1)oc(=O)n2CC. The number of hydrogen-bond acceptors (Lipinski definition) is 3. The van der Waals surface area contributed by atoms with Gasteiger partial charge in [0.2, 0.25) is 0 Å². The van der Waals surface area contributed by atoms with E-state index in [0.717, 1.165) is 0 Å². The molecule has 2 rings (SSSR count). The van der Waals surface area contributed by atoms with Gasteiger partial charge in [-0.25, -0.2) is 4.79 Å². The third-order valence-corrected chi connectivity index (χ3v) is 3.30. The van der Waals surface area contributed by atoms with Gasteiger partial charge in [-0.05, 0) is 31.2 Å². The van der Waals surface area contributed by atoms with E-state index in [1.165, 1.54) is 10.6 Å². The summed E-state index contributed by atoms with van der Waals surface area (Å²) in [4.78, 5) is 11.6. The number of halogens is 3. The van der Waals surface area contributed by atoms with Crippen molar-refractivity contribution in [2.24, 2.45) is 0 Å². The molecule has 7 heteroatoms. The van der Waals surface area contributed by atoms with Gasteiger partial charge in [0.1, 0.15) is 0 Å². The van der Waals surface area contributed by atoms with Gasteiger partial charge in [0.15, 0.2) is 5.58 Å². The summed E-state index contributed by atoms with van der Waals surface area (Å²) >= 11 is 0. The summed E-state index contributed by atoms with van der Waals surface area (Å²) in [5, 5.41) is 2.81. The van der Waals surface area contributed by atoms with Gasteiger partial charge in [0.25, 0.3) is 0 Å². The van der Waals surface area contributed by atoms with Crippen LogP contribution >= 0.6 is 0 Å². The summed E-state index contributed by atoms with van der Waals surface area (Å²) in [7, 11) is 0. The van der Waals surface area contributed by atoms with Crippen LogP contribution in [0.5, 0.6) is 0 Å². The Morgan fingerprint density at radius 1 is 1.33 bits per heavy atom. The van der Waals surface area contributed by atoms with Crippen LogP contribution in [0.4, 0.5) is 13.2 Å². The van der Waals surface area contributed by atoms with Crippen LogP contribution < -0.4 is 11.1 Å². The van der Waals surface area contributed by atoms with Crippen molar-refractivity contribution in [1.82, 2.24) is 9.88 Å². The smallest absolute Gasteiger partial charge is 0.408 e. The molecule has 0 saturated heterocycles. The maximum absolute atomic E-state index is 12.6. The Hall–Kier alpha value is -1.76. The first-order valence-corrected chi connectivity index (χ1v) is 6.79. The first kappa shape index (κ1) is 15.6. The highest BCUT2D eigenvalue weighted by atomic mass is 19.4. The highest BCUT2D eigenvalue weighted by Crippen LogP contribution is 2.30. The van der Waals surface area contributed by atoms with Crippen LogP contribution in [-0.4, -0.2) is 17.3 Å². The van der Waals surface area contributed by atoms with Crippen LogP contribution in [-0.2, 0) is 6.54 Å². The zero-order valence-electron chi connectivity index (χ0n) is 11.8. The molecular weight excluding hydrogens is 285 g/mol. The van der Waals surface area contributed by atoms with Crippen LogP contribution in [0.3, 0.4) is 0 Å². The third kappa shape index (κ3) is 3.47. The van der Waals surface area contributed by atoms with Crippen molar-refractivity contribution < 1.29 is 17.6 Å². The minimum absolute atomic E-state index is 0.310. The second-order valence-electron chi connectivity index (χ2n) is 4.77. The highest BCUT2D eigenvalue weighted by molar-refractivity contribution is 5.73. The van der Waals surface area contributed by atoms with Crippen molar-refractivity contribution in [3.63, 3.8) is 0 Å². The van der Waals surface area contributed by atoms with Crippen molar-refractivity contribution in [1.29, 1.82) is 0 Å². The molecule has 0 radical (unpaired) electrons. The predicted octanol–water partition coefficient (Wildman–Crippen LogP) is 3.22. The lowest BCUT2D eigenvalue weighted by molar-refractivity contribution is -0.140. The van der Waals surface area contributed by atoms with Crippen molar-refractivity contribution >= 4 is 11.1 Å². The molecule has 116 valence electrons.